The van der Waals surface area contributed by atoms with Gasteiger partial charge >= 0.3 is 0 Å². The van der Waals surface area contributed by atoms with E-state index in [4.69, 9.17) is 4.74 Å². The van der Waals surface area contributed by atoms with Crippen molar-refractivity contribution in [3.8, 4) is 0 Å². The summed E-state index contributed by atoms with van der Waals surface area (Å²) in [6.45, 7) is 1.58. The highest BCUT2D eigenvalue weighted by Crippen LogP contribution is 2.25. The maximum absolute atomic E-state index is 12.9. The van der Waals surface area contributed by atoms with Gasteiger partial charge in [0.1, 0.15) is 0 Å². The fourth-order valence-corrected chi connectivity index (χ4v) is 2.79. The third kappa shape index (κ3) is 2.15. The number of carbonyl (C=O) groups excluding carboxylic acids is 1. The highest BCUT2D eigenvalue weighted by atomic mass is 16.5. The normalized spacial score (nSPS) is 18.7. The zero-order valence-corrected chi connectivity index (χ0v) is 11.8. The number of amides is 1. The van der Waals surface area contributed by atoms with Gasteiger partial charge in [0.15, 0.2) is 0 Å². The van der Waals surface area contributed by atoms with Gasteiger partial charge in [0.25, 0.3) is 5.91 Å². The van der Waals surface area contributed by atoms with Gasteiger partial charge in [-0.15, -0.1) is 0 Å². The van der Waals surface area contributed by atoms with Crippen LogP contribution in [0.5, 0.6) is 0 Å². The van der Waals surface area contributed by atoms with Gasteiger partial charge in [-0.1, -0.05) is 0 Å². The molecule has 1 unspecified atom stereocenters. The maximum atomic E-state index is 12.9. The molecule has 112 valence electrons. The van der Waals surface area contributed by atoms with E-state index in [-0.39, 0.29) is 11.9 Å². The number of carbonyl (C=O) groups is 1. The summed E-state index contributed by atoms with van der Waals surface area (Å²) in [6.07, 6.45) is 3.31. The summed E-state index contributed by atoms with van der Waals surface area (Å²) < 4.78 is 5.52. The number of hydrogen-bond donors (Lipinski definition) is 2. The molecular weight excluding hydrogens is 282 g/mol. The van der Waals surface area contributed by atoms with Crippen LogP contribution in [-0.2, 0) is 4.74 Å². The number of fused-ring (bicyclic) bond motifs is 1. The predicted octanol–water partition coefficient (Wildman–Crippen LogP) is 1.50. The standard InChI is InChI=1S/C15H15N5O2/c21-15(10-1-2-11-13(7-10)17-9-16-11)20-5-6-22-8-14(20)12-3-4-18-19-12/h1-4,7,9,14H,5-6,8H2,(H,16,17)(H,18,19). The first-order chi connectivity index (χ1) is 10.8. The minimum absolute atomic E-state index is 0.0144. The molecule has 2 aromatic heterocycles. The van der Waals surface area contributed by atoms with Crippen LogP contribution in [0.2, 0.25) is 0 Å². The largest absolute Gasteiger partial charge is 0.377 e. The van der Waals surface area contributed by atoms with Crippen molar-refractivity contribution >= 4 is 16.9 Å². The second kappa shape index (κ2) is 5.27. The number of imidazole rings is 1. The molecule has 7 nitrogen and oxygen atoms in total. The van der Waals surface area contributed by atoms with E-state index in [0.717, 1.165) is 16.7 Å². The summed E-state index contributed by atoms with van der Waals surface area (Å²) in [6, 6.07) is 7.23. The molecule has 7 heteroatoms. The molecule has 1 atom stereocenters. The van der Waals surface area contributed by atoms with E-state index >= 15 is 0 Å². The average molecular weight is 297 g/mol. The maximum Gasteiger partial charge on any atom is 0.254 e. The molecule has 1 aliphatic rings. The molecule has 3 heterocycles. The van der Waals surface area contributed by atoms with Crippen LogP contribution in [0.3, 0.4) is 0 Å². The number of ether oxygens (including phenoxy) is 1. The lowest BCUT2D eigenvalue weighted by Crippen LogP contribution is -2.43. The van der Waals surface area contributed by atoms with Crippen molar-refractivity contribution in [3.63, 3.8) is 0 Å². The number of hydrogen-bond acceptors (Lipinski definition) is 4. The monoisotopic (exact) mass is 297 g/mol. The molecule has 0 bridgehead atoms. The third-order valence-corrected chi connectivity index (χ3v) is 3.94. The lowest BCUT2D eigenvalue weighted by Gasteiger charge is -2.35. The molecule has 0 saturated carbocycles. The smallest absolute Gasteiger partial charge is 0.254 e. The van der Waals surface area contributed by atoms with Crippen LogP contribution in [0.1, 0.15) is 22.1 Å². The van der Waals surface area contributed by atoms with Crippen molar-refractivity contribution in [1.82, 2.24) is 25.1 Å². The molecule has 2 N–H and O–H groups in total. The van der Waals surface area contributed by atoms with Crippen LogP contribution in [-0.4, -0.2) is 50.7 Å². The first kappa shape index (κ1) is 13.0. The molecule has 3 aromatic rings. The minimum atomic E-state index is -0.138. The second-order valence-electron chi connectivity index (χ2n) is 5.24. The zero-order valence-electron chi connectivity index (χ0n) is 11.8. The van der Waals surface area contributed by atoms with E-state index < -0.39 is 0 Å². The fraction of sp³-hybridized carbons (Fsp3) is 0.267. The van der Waals surface area contributed by atoms with Gasteiger partial charge in [-0.3, -0.25) is 9.89 Å². The summed E-state index contributed by atoms with van der Waals surface area (Å²) in [5, 5.41) is 6.89. The van der Waals surface area contributed by atoms with Crippen LogP contribution in [0.4, 0.5) is 0 Å². The van der Waals surface area contributed by atoms with Crippen LogP contribution in [0, 0.1) is 0 Å². The van der Waals surface area contributed by atoms with Crippen LogP contribution in [0.25, 0.3) is 11.0 Å². The van der Waals surface area contributed by atoms with Gasteiger partial charge in [0, 0.05) is 18.3 Å². The third-order valence-electron chi connectivity index (χ3n) is 3.94. The fourth-order valence-electron chi connectivity index (χ4n) is 2.79. The average Bonchev–Trinajstić information content (AvgIpc) is 3.24. The Bertz CT molecular complexity index is 795. The Morgan fingerprint density at radius 1 is 1.36 bits per heavy atom. The molecule has 1 fully saturated rings. The Labute approximate surface area is 126 Å². The summed E-state index contributed by atoms with van der Waals surface area (Å²) >= 11 is 0. The summed E-state index contributed by atoms with van der Waals surface area (Å²) in [5.74, 6) is -0.0144. The van der Waals surface area contributed by atoms with Crippen molar-refractivity contribution in [2.24, 2.45) is 0 Å². The van der Waals surface area contributed by atoms with Gasteiger partial charge in [0.2, 0.25) is 0 Å². The number of morpholine rings is 1. The van der Waals surface area contributed by atoms with Crippen LogP contribution >= 0.6 is 0 Å². The number of aromatic amines is 2. The van der Waals surface area contributed by atoms with E-state index in [9.17, 15) is 4.79 Å². The Kier molecular flexibility index (Phi) is 3.12. The SMILES string of the molecule is O=C(c1ccc2nc[nH]c2c1)N1CCOCC1c1ccn[nH]1. The Morgan fingerprint density at radius 3 is 3.18 bits per heavy atom. The van der Waals surface area contributed by atoms with Crippen LogP contribution in [0.15, 0.2) is 36.8 Å². The molecule has 0 spiro atoms. The highest BCUT2D eigenvalue weighted by Gasteiger charge is 2.30. The van der Waals surface area contributed by atoms with E-state index in [1.165, 1.54) is 0 Å². The molecular formula is C15H15N5O2. The number of rotatable bonds is 2. The lowest BCUT2D eigenvalue weighted by molar-refractivity contribution is -0.00390. The van der Waals surface area contributed by atoms with Crippen molar-refractivity contribution < 1.29 is 9.53 Å². The first-order valence-electron chi connectivity index (χ1n) is 7.14. The van der Waals surface area contributed by atoms with Crippen molar-refractivity contribution in [3.05, 3.63) is 48.0 Å². The Hall–Kier alpha value is -2.67. The molecule has 1 amide bonds. The lowest BCUT2D eigenvalue weighted by atomic mass is 10.1. The Balaban J connectivity index is 1.67. The van der Waals surface area contributed by atoms with Crippen molar-refractivity contribution in [2.45, 2.75) is 6.04 Å². The molecule has 1 aliphatic heterocycles. The van der Waals surface area contributed by atoms with E-state index in [0.29, 0.717) is 25.3 Å². The number of nitrogens with zero attached hydrogens (tertiary/aromatic N) is 3. The number of nitrogens with one attached hydrogen (secondary N) is 2. The predicted molar refractivity (Wildman–Crippen MR) is 79.3 cm³/mol. The van der Waals surface area contributed by atoms with Crippen molar-refractivity contribution in [1.29, 1.82) is 0 Å². The summed E-state index contributed by atoms with van der Waals surface area (Å²) in [4.78, 5) is 21.9. The Morgan fingerprint density at radius 2 is 2.32 bits per heavy atom. The van der Waals surface area contributed by atoms with Crippen LogP contribution < -0.4 is 0 Å². The molecule has 0 aliphatic carbocycles. The molecule has 4 rings (SSSR count). The summed E-state index contributed by atoms with van der Waals surface area (Å²) in [7, 11) is 0. The van der Waals surface area contributed by atoms with Gasteiger partial charge in [-0.05, 0) is 24.3 Å². The number of H-pyrrole nitrogens is 2. The molecule has 1 aromatic carbocycles. The van der Waals surface area contributed by atoms with Gasteiger partial charge in [0.05, 0.1) is 42.3 Å². The molecule has 1 saturated heterocycles. The van der Waals surface area contributed by atoms with Gasteiger partial charge in [-0.2, -0.15) is 5.10 Å². The number of benzene rings is 1. The van der Waals surface area contributed by atoms with Gasteiger partial charge < -0.3 is 14.6 Å². The molecule has 0 radical (unpaired) electrons. The number of aromatic nitrogens is 4. The zero-order chi connectivity index (χ0) is 14.9. The highest BCUT2D eigenvalue weighted by molar-refractivity contribution is 5.97. The quantitative estimate of drug-likeness (QED) is 0.750. The van der Waals surface area contributed by atoms with E-state index in [1.807, 2.05) is 29.2 Å². The first-order valence-corrected chi connectivity index (χ1v) is 7.14. The summed E-state index contributed by atoms with van der Waals surface area (Å²) in [5.41, 5.74) is 3.24. The van der Waals surface area contributed by atoms with E-state index in [1.54, 1.807) is 12.5 Å². The van der Waals surface area contributed by atoms with Gasteiger partial charge in [-0.25, -0.2) is 4.98 Å². The van der Waals surface area contributed by atoms with E-state index in [2.05, 4.69) is 20.2 Å². The second-order valence-corrected chi connectivity index (χ2v) is 5.24. The van der Waals surface area contributed by atoms with Crippen molar-refractivity contribution in [2.75, 3.05) is 19.8 Å². The molecule has 22 heavy (non-hydrogen) atoms. The topological polar surface area (TPSA) is 86.9 Å². The minimum Gasteiger partial charge on any atom is -0.377 e.